The van der Waals surface area contributed by atoms with Crippen LogP contribution >= 0.6 is 24.0 Å². The molecule has 1 aromatic carbocycles. The molecule has 1 heterocycles. The molecule has 0 radical (unpaired) electrons. The molecule has 1 aromatic rings. The fourth-order valence-corrected chi connectivity index (χ4v) is 2.56. The van der Waals surface area contributed by atoms with Crippen molar-refractivity contribution in [3.8, 4) is 11.5 Å². The Kier molecular flexibility index (Phi) is 10.1. The van der Waals surface area contributed by atoms with Gasteiger partial charge in [0.2, 0.25) is 0 Å². The van der Waals surface area contributed by atoms with Gasteiger partial charge in [0, 0.05) is 25.1 Å². The van der Waals surface area contributed by atoms with E-state index in [2.05, 4.69) is 43.5 Å². The van der Waals surface area contributed by atoms with Crippen LogP contribution in [0.5, 0.6) is 11.5 Å². The molecule has 0 atom stereocenters. The Morgan fingerprint density at radius 3 is 2.58 bits per heavy atom. The summed E-state index contributed by atoms with van der Waals surface area (Å²) in [6.07, 6.45) is 0. The molecule has 0 saturated carbocycles. The van der Waals surface area contributed by atoms with E-state index in [9.17, 15) is 0 Å². The molecule has 2 N–H and O–H groups in total. The van der Waals surface area contributed by atoms with Crippen LogP contribution in [-0.4, -0.2) is 52.0 Å². The maximum Gasteiger partial charge on any atom is 0.191 e. The summed E-state index contributed by atoms with van der Waals surface area (Å²) in [6.45, 7) is 13.3. The average Bonchev–Trinajstić information content (AvgIpc) is 2.62. The van der Waals surface area contributed by atoms with Crippen LogP contribution in [0.1, 0.15) is 33.3 Å². The van der Waals surface area contributed by atoms with E-state index in [1.54, 1.807) is 0 Å². The van der Waals surface area contributed by atoms with Gasteiger partial charge < -0.3 is 24.8 Å². The third kappa shape index (κ3) is 6.83. The lowest BCUT2D eigenvalue weighted by Gasteiger charge is -2.26. The van der Waals surface area contributed by atoms with Gasteiger partial charge in [-0.3, -0.25) is 4.99 Å². The second kappa shape index (κ2) is 11.5. The fourth-order valence-electron chi connectivity index (χ4n) is 2.56. The Bertz CT molecular complexity index is 579. The third-order valence-electron chi connectivity index (χ3n) is 4.04. The summed E-state index contributed by atoms with van der Waals surface area (Å²) >= 11 is 0. The summed E-state index contributed by atoms with van der Waals surface area (Å²) in [6, 6.07) is 6.15. The molecule has 0 saturated heterocycles. The first-order valence-electron chi connectivity index (χ1n) is 9.07. The SMILES string of the molecule is CCNC(=NCC(C)(C)c1ccc2c(c1)OCCO2)NCCOCC.I. The van der Waals surface area contributed by atoms with Gasteiger partial charge in [0.25, 0.3) is 0 Å². The fraction of sp³-hybridized carbons (Fsp3) is 0.632. The van der Waals surface area contributed by atoms with Crippen LogP contribution in [0.15, 0.2) is 23.2 Å². The number of hydrogen-bond donors (Lipinski definition) is 2. The van der Waals surface area contributed by atoms with Crippen LogP contribution in [0.25, 0.3) is 0 Å². The zero-order valence-corrected chi connectivity index (χ0v) is 18.6. The van der Waals surface area contributed by atoms with E-state index in [-0.39, 0.29) is 29.4 Å². The third-order valence-corrected chi connectivity index (χ3v) is 4.04. The quantitative estimate of drug-likeness (QED) is 0.261. The molecule has 0 fully saturated rings. The molecule has 2 rings (SSSR count). The first kappa shape index (κ1) is 22.8. The number of halogens is 1. The van der Waals surface area contributed by atoms with Crippen molar-refractivity contribution in [1.82, 2.24) is 10.6 Å². The monoisotopic (exact) mass is 477 g/mol. The number of fused-ring (bicyclic) bond motifs is 1. The number of hydrogen-bond acceptors (Lipinski definition) is 4. The van der Waals surface area contributed by atoms with Crippen LogP contribution in [0.3, 0.4) is 0 Å². The van der Waals surface area contributed by atoms with Crippen molar-refractivity contribution >= 4 is 29.9 Å². The Hall–Kier alpha value is -1.22. The molecular weight excluding hydrogens is 445 g/mol. The van der Waals surface area contributed by atoms with E-state index in [1.165, 1.54) is 5.56 Å². The summed E-state index contributed by atoms with van der Waals surface area (Å²) in [4.78, 5) is 4.74. The molecule has 26 heavy (non-hydrogen) atoms. The normalized spacial score (nSPS) is 13.8. The maximum atomic E-state index is 5.70. The van der Waals surface area contributed by atoms with Crippen molar-refractivity contribution in [3.05, 3.63) is 23.8 Å². The van der Waals surface area contributed by atoms with Crippen molar-refractivity contribution in [1.29, 1.82) is 0 Å². The van der Waals surface area contributed by atoms with Gasteiger partial charge in [0.1, 0.15) is 13.2 Å². The van der Waals surface area contributed by atoms with Gasteiger partial charge >= 0.3 is 0 Å². The molecule has 7 heteroatoms. The molecule has 1 aliphatic heterocycles. The van der Waals surface area contributed by atoms with E-state index in [4.69, 9.17) is 19.2 Å². The van der Waals surface area contributed by atoms with Crippen LogP contribution in [-0.2, 0) is 10.2 Å². The molecule has 0 unspecified atom stereocenters. The zero-order chi connectivity index (χ0) is 18.1. The highest BCUT2D eigenvalue weighted by atomic mass is 127. The summed E-state index contributed by atoms with van der Waals surface area (Å²) in [5.74, 6) is 2.45. The summed E-state index contributed by atoms with van der Waals surface area (Å²) in [7, 11) is 0. The van der Waals surface area contributed by atoms with Crippen molar-refractivity contribution in [2.24, 2.45) is 4.99 Å². The molecule has 148 valence electrons. The van der Waals surface area contributed by atoms with Crippen molar-refractivity contribution < 1.29 is 14.2 Å². The lowest BCUT2D eigenvalue weighted by atomic mass is 9.84. The van der Waals surface area contributed by atoms with Crippen LogP contribution in [0.4, 0.5) is 0 Å². The van der Waals surface area contributed by atoms with Crippen molar-refractivity contribution in [2.75, 3.05) is 46.1 Å². The smallest absolute Gasteiger partial charge is 0.191 e. The van der Waals surface area contributed by atoms with Gasteiger partial charge in [-0.25, -0.2) is 0 Å². The van der Waals surface area contributed by atoms with Gasteiger partial charge in [-0.1, -0.05) is 19.9 Å². The van der Waals surface area contributed by atoms with Crippen LogP contribution in [0.2, 0.25) is 0 Å². The first-order chi connectivity index (χ1) is 12.1. The molecule has 6 nitrogen and oxygen atoms in total. The van der Waals surface area contributed by atoms with Crippen LogP contribution < -0.4 is 20.1 Å². The molecule has 0 amide bonds. The number of ether oxygens (including phenoxy) is 3. The Morgan fingerprint density at radius 2 is 1.88 bits per heavy atom. The highest BCUT2D eigenvalue weighted by Gasteiger charge is 2.23. The molecule has 1 aliphatic rings. The number of nitrogens with zero attached hydrogens (tertiary/aromatic N) is 1. The van der Waals surface area contributed by atoms with Gasteiger partial charge in [0.15, 0.2) is 17.5 Å². The minimum absolute atomic E-state index is 0. The van der Waals surface area contributed by atoms with Crippen molar-refractivity contribution in [3.63, 3.8) is 0 Å². The molecule has 0 aromatic heterocycles. The average molecular weight is 477 g/mol. The minimum Gasteiger partial charge on any atom is -0.486 e. The molecule has 0 spiro atoms. The summed E-state index contributed by atoms with van der Waals surface area (Å²) in [5, 5.41) is 6.57. The van der Waals surface area contributed by atoms with Gasteiger partial charge in [-0.2, -0.15) is 0 Å². The van der Waals surface area contributed by atoms with Gasteiger partial charge in [-0.05, 0) is 31.5 Å². The topological polar surface area (TPSA) is 64.1 Å². The molecule has 0 bridgehead atoms. The number of rotatable bonds is 8. The highest BCUT2D eigenvalue weighted by Crippen LogP contribution is 2.35. The van der Waals surface area contributed by atoms with Crippen molar-refractivity contribution in [2.45, 2.75) is 33.1 Å². The minimum atomic E-state index is -0.113. The lowest BCUT2D eigenvalue weighted by Crippen LogP contribution is -2.40. The molecular formula is C19H32IN3O3. The molecule has 0 aliphatic carbocycles. The first-order valence-corrected chi connectivity index (χ1v) is 9.07. The lowest BCUT2D eigenvalue weighted by molar-refractivity contribution is 0.152. The zero-order valence-electron chi connectivity index (χ0n) is 16.3. The number of nitrogens with one attached hydrogen (secondary N) is 2. The summed E-state index contributed by atoms with van der Waals surface area (Å²) in [5.41, 5.74) is 1.07. The van der Waals surface area contributed by atoms with Gasteiger partial charge in [-0.15, -0.1) is 24.0 Å². The standard InChI is InChI=1S/C19H31N3O3.HI/c1-5-20-18(21-9-10-23-6-2)22-14-19(3,4)15-7-8-16-17(13-15)25-12-11-24-16;/h7-8,13H,5-6,9-12,14H2,1-4H3,(H2,20,21,22);1H. The highest BCUT2D eigenvalue weighted by molar-refractivity contribution is 14.0. The van der Waals surface area contributed by atoms with Gasteiger partial charge in [0.05, 0.1) is 13.2 Å². The largest absolute Gasteiger partial charge is 0.486 e. The number of guanidine groups is 1. The Morgan fingerprint density at radius 1 is 1.15 bits per heavy atom. The summed E-state index contributed by atoms with van der Waals surface area (Å²) < 4.78 is 16.7. The van der Waals surface area contributed by atoms with E-state index in [1.807, 2.05) is 13.0 Å². The number of aliphatic imine (C=N–C) groups is 1. The second-order valence-electron chi connectivity index (χ2n) is 6.56. The Labute approximate surface area is 174 Å². The predicted molar refractivity (Wildman–Crippen MR) is 116 cm³/mol. The number of benzene rings is 1. The van der Waals surface area contributed by atoms with E-state index in [0.717, 1.165) is 37.2 Å². The van der Waals surface area contributed by atoms with Crippen LogP contribution in [0, 0.1) is 0 Å². The second-order valence-corrected chi connectivity index (χ2v) is 6.56. The van der Waals surface area contributed by atoms with E-state index < -0.39 is 0 Å². The van der Waals surface area contributed by atoms with E-state index >= 15 is 0 Å². The Balaban J connectivity index is 0.00000338. The van der Waals surface area contributed by atoms with E-state index in [0.29, 0.717) is 26.4 Å². The predicted octanol–water partition coefficient (Wildman–Crippen LogP) is 2.95. The maximum absolute atomic E-state index is 5.70.